The zero-order valence-electron chi connectivity index (χ0n) is 12.6. The summed E-state index contributed by atoms with van der Waals surface area (Å²) in [6, 6.07) is 5.95. The largest absolute Gasteiger partial charge is 0.482 e. The van der Waals surface area contributed by atoms with E-state index in [1.165, 1.54) is 0 Å². The van der Waals surface area contributed by atoms with Crippen LogP contribution in [0.15, 0.2) is 18.2 Å². The molecule has 2 rings (SSSR count). The molecule has 1 aromatic rings. The van der Waals surface area contributed by atoms with E-state index in [9.17, 15) is 4.79 Å². The molecule has 1 atom stereocenters. The normalized spacial score (nSPS) is 16.1. The van der Waals surface area contributed by atoms with E-state index in [1.807, 2.05) is 23.1 Å². The molecule has 1 amide bonds. The summed E-state index contributed by atoms with van der Waals surface area (Å²) in [5.74, 6) is 1.35. The number of hydrogen-bond donors (Lipinski definition) is 1. The topological polar surface area (TPSA) is 55.6 Å². The fourth-order valence-corrected chi connectivity index (χ4v) is 2.56. The summed E-state index contributed by atoms with van der Waals surface area (Å²) in [5.41, 5.74) is 8.17. The van der Waals surface area contributed by atoms with Crippen molar-refractivity contribution >= 4 is 11.6 Å². The van der Waals surface area contributed by atoms with Crippen LogP contribution in [0.4, 0.5) is 5.69 Å². The van der Waals surface area contributed by atoms with Gasteiger partial charge in [0.15, 0.2) is 6.61 Å². The molecule has 0 aromatic heterocycles. The standard InChI is InChI=1S/C16H24N2O2/c1-4-7-18-14-9-12(13(17)8-11(2)3)5-6-15(14)20-10-16(18)19/h5-6,9,11,13H,4,7-8,10,17H2,1-3H3. The number of nitrogens with zero attached hydrogens (tertiary/aromatic N) is 1. The number of carbonyl (C=O) groups excluding carboxylic acids is 1. The molecule has 0 saturated heterocycles. The Morgan fingerprint density at radius 1 is 1.40 bits per heavy atom. The van der Waals surface area contributed by atoms with E-state index in [4.69, 9.17) is 10.5 Å². The average molecular weight is 276 g/mol. The summed E-state index contributed by atoms with van der Waals surface area (Å²) in [5, 5.41) is 0. The van der Waals surface area contributed by atoms with Crippen molar-refractivity contribution in [2.45, 2.75) is 39.7 Å². The van der Waals surface area contributed by atoms with E-state index >= 15 is 0 Å². The molecule has 4 nitrogen and oxygen atoms in total. The monoisotopic (exact) mass is 276 g/mol. The Labute approximate surface area is 120 Å². The summed E-state index contributed by atoms with van der Waals surface area (Å²) in [6.45, 7) is 7.24. The fraction of sp³-hybridized carbons (Fsp3) is 0.562. The fourth-order valence-electron chi connectivity index (χ4n) is 2.56. The van der Waals surface area contributed by atoms with Gasteiger partial charge in [0.25, 0.3) is 5.91 Å². The molecule has 110 valence electrons. The summed E-state index contributed by atoms with van der Waals surface area (Å²) in [4.78, 5) is 13.8. The SMILES string of the molecule is CCCN1C(=O)COc2ccc(C(N)CC(C)C)cc21. The molecule has 2 N–H and O–H groups in total. The van der Waals surface area contributed by atoms with Crippen molar-refractivity contribution in [3.8, 4) is 5.75 Å². The zero-order valence-corrected chi connectivity index (χ0v) is 12.6. The number of fused-ring (bicyclic) bond motifs is 1. The molecule has 0 spiro atoms. The van der Waals surface area contributed by atoms with Crippen LogP contribution in [0, 0.1) is 5.92 Å². The van der Waals surface area contributed by atoms with Crippen molar-refractivity contribution in [1.82, 2.24) is 0 Å². The van der Waals surface area contributed by atoms with Crippen LogP contribution in [0.5, 0.6) is 5.75 Å². The predicted molar refractivity (Wildman–Crippen MR) is 81.0 cm³/mol. The molecule has 1 aromatic carbocycles. The van der Waals surface area contributed by atoms with E-state index in [0.29, 0.717) is 5.92 Å². The first-order valence-electron chi connectivity index (χ1n) is 7.35. The molecule has 1 heterocycles. The second-order valence-corrected chi connectivity index (χ2v) is 5.80. The van der Waals surface area contributed by atoms with Gasteiger partial charge in [0.05, 0.1) is 5.69 Å². The van der Waals surface area contributed by atoms with Crippen LogP contribution >= 0.6 is 0 Å². The third-order valence-electron chi connectivity index (χ3n) is 3.53. The molecule has 0 fully saturated rings. The maximum absolute atomic E-state index is 12.0. The number of amides is 1. The third-order valence-corrected chi connectivity index (χ3v) is 3.53. The van der Waals surface area contributed by atoms with Crippen molar-refractivity contribution in [2.24, 2.45) is 11.7 Å². The number of nitrogens with two attached hydrogens (primary N) is 1. The Bertz CT molecular complexity index is 485. The highest BCUT2D eigenvalue weighted by molar-refractivity contribution is 5.97. The van der Waals surface area contributed by atoms with Gasteiger partial charge in [-0.15, -0.1) is 0 Å². The summed E-state index contributed by atoms with van der Waals surface area (Å²) in [7, 11) is 0. The van der Waals surface area contributed by atoms with E-state index in [1.54, 1.807) is 0 Å². The van der Waals surface area contributed by atoms with Gasteiger partial charge in [0.2, 0.25) is 0 Å². The van der Waals surface area contributed by atoms with Gasteiger partial charge in [-0.25, -0.2) is 0 Å². The van der Waals surface area contributed by atoms with Crippen molar-refractivity contribution in [2.75, 3.05) is 18.1 Å². The zero-order chi connectivity index (χ0) is 14.7. The van der Waals surface area contributed by atoms with Crippen LogP contribution in [0.1, 0.15) is 45.2 Å². The molecular weight excluding hydrogens is 252 g/mol. The number of ether oxygens (including phenoxy) is 1. The molecule has 0 radical (unpaired) electrons. The smallest absolute Gasteiger partial charge is 0.265 e. The van der Waals surface area contributed by atoms with E-state index in [0.717, 1.165) is 36.4 Å². The molecule has 0 saturated carbocycles. The van der Waals surface area contributed by atoms with Gasteiger partial charge in [-0.2, -0.15) is 0 Å². The number of carbonyl (C=O) groups is 1. The van der Waals surface area contributed by atoms with Crippen molar-refractivity contribution < 1.29 is 9.53 Å². The molecule has 1 aliphatic heterocycles. The summed E-state index contributed by atoms with van der Waals surface area (Å²) >= 11 is 0. The van der Waals surface area contributed by atoms with Gasteiger partial charge in [0.1, 0.15) is 5.75 Å². The quantitative estimate of drug-likeness (QED) is 0.899. The Morgan fingerprint density at radius 2 is 2.15 bits per heavy atom. The van der Waals surface area contributed by atoms with Crippen molar-refractivity contribution in [3.63, 3.8) is 0 Å². The van der Waals surface area contributed by atoms with Crippen LogP contribution in [-0.4, -0.2) is 19.1 Å². The lowest BCUT2D eigenvalue weighted by Crippen LogP contribution is -2.39. The highest BCUT2D eigenvalue weighted by Gasteiger charge is 2.25. The number of benzene rings is 1. The maximum atomic E-state index is 12.0. The Kier molecular flexibility index (Phi) is 4.65. The minimum absolute atomic E-state index is 0.000745. The van der Waals surface area contributed by atoms with Crippen LogP contribution in [0.25, 0.3) is 0 Å². The Hall–Kier alpha value is -1.55. The van der Waals surface area contributed by atoms with E-state index < -0.39 is 0 Å². The lowest BCUT2D eigenvalue weighted by molar-refractivity contribution is -0.121. The van der Waals surface area contributed by atoms with E-state index in [-0.39, 0.29) is 18.6 Å². The number of rotatable bonds is 5. The predicted octanol–water partition coefficient (Wildman–Crippen LogP) is 2.87. The Balaban J connectivity index is 2.30. The van der Waals surface area contributed by atoms with Crippen LogP contribution in [0.2, 0.25) is 0 Å². The highest BCUT2D eigenvalue weighted by atomic mass is 16.5. The molecule has 0 bridgehead atoms. The highest BCUT2D eigenvalue weighted by Crippen LogP contribution is 2.35. The summed E-state index contributed by atoms with van der Waals surface area (Å²) < 4.78 is 5.50. The second kappa shape index (κ2) is 6.27. The van der Waals surface area contributed by atoms with Gasteiger partial charge < -0.3 is 15.4 Å². The van der Waals surface area contributed by atoms with Crippen LogP contribution in [0.3, 0.4) is 0 Å². The van der Waals surface area contributed by atoms with Crippen LogP contribution in [-0.2, 0) is 4.79 Å². The molecule has 1 aliphatic rings. The minimum atomic E-state index is 0.000745. The molecule has 20 heavy (non-hydrogen) atoms. The first-order valence-corrected chi connectivity index (χ1v) is 7.35. The van der Waals surface area contributed by atoms with E-state index in [2.05, 4.69) is 20.8 Å². The molecule has 1 unspecified atom stereocenters. The third kappa shape index (κ3) is 3.12. The van der Waals surface area contributed by atoms with Gasteiger partial charge in [-0.3, -0.25) is 4.79 Å². The van der Waals surface area contributed by atoms with Crippen molar-refractivity contribution in [3.05, 3.63) is 23.8 Å². The second-order valence-electron chi connectivity index (χ2n) is 5.80. The maximum Gasteiger partial charge on any atom is 0.265 e. The van der Waals surface area contributed by atoms with Gasteiger partial charge >= 0.3 is 0 Å². The number of anilines is 1. The first-order chi connectivity index (χ1) is 9.52. The average Bonchev–Trinajstić information content (AvgIpc) is 2.41. The van der Waals surface area contributed by atoms with Gasteiger partial charge in [0, 0.05) is 12.6 Å². The molecule has 4 heteroatoms. The molecular formula is C16H24N2O2. The lowest BCUT2D eigenvalue weighted by Gasteiger charge is -2.30. The van der Waals surface area contributed by atoms with Crippen molar-refractivity contribution in [1.29, 1.82) is 0 Å². The molecule has 0 aliphatic carbocycles. The lowest BCUT2D eigenvalue weighted by atomic mass is 9.97. The Morgan fingerprint density at radius 3 is 2.80 bits per heavy atom. The first kappa shape index (κ1) is 14.9. The van der Waals surface area contributed by atoms with Gasteiger partial charge in [-0.1, -0.05) is 26.8 Å². The summed E-state index contributed by atoms with van der Waals surface area (Å²) in [6.07, 6.45) is 1.86. The minimum Gasteiger partial charge on any atom is -0.482 e. The number of hydrogen-bond acceptors (Lipinski definition) is 3. The van der Waals surface area contributed by atoms with Crippen LogP contribution < -0.4 is 15.4 Å². The van der Waals surface area contributed by atoms with Gasteiger partial charge in [-0.05, 0) is 36.5 Å².